The molecule has 0 bridgehead atoms. The zero-order valence-electron chi connectivity index (χ0n) is 15.7. The van der Waals surface area contributed by atoms with Crippen molar-refractivity contribution in [2.75, 3.05) is 19.8 Å². The number of halogens is 1. The van der Waals surface area contributed by atoms with Crippen molar-refractivity contribution in [1.82, 2.24) is 4.31 Å². The largest absolute Gasteiger partial charge is 0.492 e. The first-order valence-corrected chi connectivity index (χ1v) is 10.7. The van der Waals surface area contributed by atoms with Crippen molar-refractivity contribution in [2.24, 2.45) is 5.92 Å². The number of benzene rings is 1. The number of hydrogen-bond acceptors (Lipinski definition) is 4. The van der Waals surface area contributed by atoms with Crippen LogP contribution in [0.3, 0.4) is 0 Å². The third-order valence-corrected chi connectivity index (χ3v) is 7.10. The van der Waals surface area contributed by atoms with Crippen LogP contribution in [-0.2, 0) is 14.8 Å². The van der Waals surface area contributed by atoms with Crippen LogP contribution in [0.15, 0.2) is 23.1 Å². The lowest BCUT2D eigenvalue weighted by Gasteiger charge is -2.40. The Morgan fingerprint density at radius 2 is 2.04 bits per heavy atom. The molecule has 1 aromatic rings. The molecule has 0 aromatic heterocycles. The standard InChI is InChI=1S/C19H28FNO4S/c1-4-21(16-9-10-25-19(2,3)12-16)26(22,23)18-11-15(20)7-8-17(18)24-13-14-5-6-14/h7-8,11,14,16H,4-6,9-10,12-13H2,1-3H3. The van der Waals surface area contributed by atoms with Gasteiger partial charge in [-0.2, -0.15) is 4.31 Å². The molecule has 0 spiro atoms. The third-order valence-electron chi connectivity index (χ3n) is 5.05. The molecule has 5 nitrogen and oxygen atoms in total. The van der Waals surface area contributed by atoms with E-state index in [1.165, 1.54) is 16.4 Å². The molecular formula is C19H28FNO4S. The Bertz CT molecular complexity index is 746. The summed E-state index contributed by atoms with van der Waals surface area (Å²) in [7, 11) is -3.87. The van der Waals surface area contributed by atoms with Gasteiger partial charge >= 0.3 is 0 Å². The topological polar surface area (TPSA) is 55.8 Å². The van der Waals surface area contributed by atoms with E-state index in [0.29, 0.717) is 38.5 Å². The molecule has 1 saturated heterocycles. The Kier molecular flexibility index (Phi) is 5.61. The SMILES string of the molecule is CCN(C1CCOC(C)(C)C1)S(=O)(=O)c1cc(F)ccc1OCC1CC1. The molecule has 26 heavy (non-hydrogen) atoms. The quantitative estimate of drug-likeness (QED) is 0.720. The summed E-state index contributed by atoms with van der Waals surface area (Å²) in [5.41, 5.74) is -0.376. The molecule has 2 aliphatic rings. The first-order chi connectivity index (χ1) is 12.2. The summed E-state index contributed by atoms with van der Waals surface area (Å²) < 4.78 is 53.5. The molecule has 1 unspecified atom stereocenters. The van der Waals surface area contributed by atoms with Crippen molar-refractivity contribution >= 4 is 10.0 Å². The fraction of sp³-hybridized carbons (Fsp3) is 0.684. The number of sulfonamides is 1. The van der Waals surface area contributed by atoms with Crippen LogP contribution in [-0.4, -0.2) is 44.1 Å². The van der Waals surface area contributed by atoms with Crippen molar-refractivity contribution in [3.63, 3.8) is 0 Å². The van der Waals surface area contributed by atoms with Gasteiger partial charge in [0.2, 0.25) is 10.0 Å². The lowest BCUT2D eigenvalue weighted by atomic mass is 9.94. The second kappa shape index (κ2) is 7.44. The molecule has 0 amide bonds. The maximum Gasteiger partial charge on any atom is 0.247 e. The first kappa shape index (κ1) is 19.6. The van der Waals surface area contributed by atoms with Crippen LogP contribution in [0.2, 0.25) is 0 Å². The van der Waals surface area contributed by atoms with Crippen LogP contribution in [0.5, 0.6) is 5.75 Å². The minimum absolute atomic E-state index is 0.0794. The van der Waals surface area contributed by atoms with E-state index in [2.05, 4.69) is 0 Å². The summed E-state index contributed by atoms with van der Waals surface area (Å²) in [5.74, 6) is 0.142. The molecule has 1 aromatic carbocycles. The minimum atomic E-state index is -3.87. The highest BCUT2D eigenvalue weighted by molar-refractivity contribution is 7.89. The fourth-order valence-corrected chi connectivity index (χ4v) is 5.30. The van der Waals surface area contributed by atoms with Gasteiger partial charge in [-0.15, -0.1) is 0 Å². The van der Waals surface area contributed by atoms with Crippen molar-refractivity contribution < 1.29 is 22.3 Å². The summed E-state index contributed by atoms with van der Waals surface area (Å²) in [4.78, 5) is -0.0794. The molecule has 0 N–H and O–H groups in total. The van der Waals surface area contributed by atoms with Gasteiger partial charge < -0.3 is 9.47 Å². The molecule has 3 rings (SSSR count). The number of nitrogens with zero attached hydrogens (tertiary/aromatic N) is 1. The maximum absolute atomic E-state index is 13.9. The van der Waals surface area contributed by atoms with Crippen molar-refractivity contribution in [2.45, 2.75) is 63.0 Å². The van der Waals surface area contributed by atoms with E-state index in [1.807, 2.05) is 20.8 Å². The Morgan fingerprint density at radius 3 is 2.65 bits per heavy atom. The predicted octanol–water partition coefficient (Wildman–Crippen LogP) is 3.58. The molecule has 1 aliphatic carbocycles. The van der Waals surface area contributed by atoms with E-state index in [0.717, 1.165) is 18.9 Å². The van der Waals surface area contributed by atoms with Gasteiger partial charge in [0.25, 0.3) is 0 Å². The molecule has 1 aliphatic heterocycles. The molecule has 146 valence electrons. The van der Waals surface area contributed by atoms with Crippen LogP contribution in [0.1, 0.15) is 46.5 Å². The maximum atomic E-state index is 13.9. The Balaban J connectivity index is 1.90. The zero-order chi connectivity index (χ0) is 18.9. The second-order valence-corrected chi connectivity index (χ2v) is 9.67. The second-order valence-electron chi connectivity index (χ2n) is 7.81. The van der Waals surface area contributed by atoms with E-state index < -0.39 is 15.8 Å². The van der Waals surface area contributed by atoms with Crippen LogP contribution >= 0.6 is 0 Å². The fourth-order valence-electron chi connectivity index (χ4n) is 3.49. The molecule has 1 heterocycles. The van der Waals surface area contributed by atoms with E-state index in [-0.39, 0.29) is 22.3 Å². The van der Waals surface area contributed by atoms with E-state index in [1.54, 1.807) is 0 Å². The van der Waals surface area contributed by atoms with E-state index in [4.69, 9.17) is 9.47 Å². The Labute approximate surface area is 155 Å². The van der Waals surface area contributed by atoms with E-state index in [9.17, 15) is 12.8 Å². The van der Waals surface area contributed by atoms with Gasteiger partial charge in [-0.25, -0.2) is 12.8 Å². The van der Waals surface area contributed by atoms with E-state index >= 15 is 0 Å². The minimum Gasteiger partial charge on any atom is -0.492 e. The Morgan fingerprint density at radius 1 is 1.31 bits per heavy atom. The van der Waals surface area contributed by atoms with Gasteiger partial charge in [-0.05, 0) is 63.6 Å². The number of hydrogen-bond donors (Lipinski definition) is 0. The highest BCUT2D eigenvalue weighted by Crippen LogP contribution is 2.35. The average Bonchev–Trinajstić information content (AvgIpc) is 3.37. The van der Waals surface area contributed by atoms with Crippen molar-refractivity contribution in [3.8, 4) is 5.75 Å². The monoisotopic (exact) mass is 385 g/mol. The molecule has 0 radical (unpaired) electrons. The molecule has 1 saturated carbocycles. The normalized spacial score (nSPS) is 23.2. The summed E-state index contributed by atoms with van der Waals surface area (Å²) >= 11 is 0. The molecule has 2 fully saturated rings. The summed E-state index contributed by atoms with van der Waals surface area (Å²) in [6, 6.07) is 3.57. The molecular weight excluding hydrogens is 357 g/mol. The number of ether oxygens (including phenoxy) is 2. The molecule has 1 atom stereocenters. The lowest BCUT2D eigenvalue weighted by Crippen LogP contribution is -2.48. The third kappa shape index (κ3) is 4.38. The van der Waals surface area contributed by atoms with Gasteiger partial charge in [-0.3, -0.25) is 0 Å². The summed E-state index contributed by atoms with van der Waals surface area (Å²) in [6.45, 7) is 7.05. The van der Waals surface area contributed by atoms with Gasteiger partial charge in [0.15, 0.2) is 0 Å². The van der Waals surface area contributed by atoms with Crippen LogP contribution < -0.4 is 4.74 Å². The Hall–Kier alpha value is -1.18. The summed E-state index contributed by atoms with van der Waals surface area (Å²) in [5, 5.41) is 0. The highest BCUT2D eigenvalue weighted by atomic mass is 32.2. The van der Waals surface area contributed by atoms with Gasteiger partial charge in [-0.1, -0.05) is 6.92 Å². The van der Waals surface area contributed by atoms with Crippen molar-refractivity contribution in [1.29, 1.82) is 0 Å². The number of rotatable bonds is 7. The van der Waals surface area contributed by atoms with Crippen LogP contribution in [0, 0.1) is 11.7 Å². The predicted molar refractivity (Wildman–Crippen MR) is 97.2 cm³/mol. The van der Waals surface area contributed by atoms with Gasteiger partial charge in [0.1, 0.15) is 16.5 Å². The summed E-state index contributed by atoms with van der Waals surface area (Å²) in [6.07, 6.45) is 3.43. The van der Waals surface area contributed by atoms with Gasteiger partial charge in [0, 0.05) is 19.2 Å². The average molecular weight is 386 g/mol. The van der Waals surface area contributed by atoms with Crippen molar-refractivity contribution in [3.05, 3.63) is 24.0 Å². The zero-order valence-corrected chi connectivity index (χ0v) is 16.5. The highest BCUT2D eigenvalue weighted by Gasteiger charge is 2.38. The van der Waals surface area contributed by atoms with Crippen LogP contribution in [0.25, 0.3) is 0 Å². The lowest BCUT2D eigenvalue weighted by molar-refractivity contribution is -0.0724. The first-order valence-electron chi connectivity index (χ1n) is 9.31. The smallest absolute Gasteiger partial charge is 0.247 e. The van der Waals surface area contributed by atoms with Gasteiger partial charge in [0.05, 0.1) is 12.2 Å². The van der Waals surface area contributed by atoms with Crippen LogP contribution in [0.4, 0.5) is 4.39 Å². The molecule has 7 heteroatoms.